The van der Waals surface area contributed by atoms with Gasteiger partial charge in [0, 0.05) is 0 Å². The molecule has 0 heterocycles. The minimum Gasteiger partial charge on any atom is -0.497 e. The average molecular weight is 280 g/mol. The van der Waals surface area contributed by atoms with E-state index in [9.17, 15) is 8.78 Å². The maximum absolute atomic E-state index is 14.0. The van der Waals surface area contributed by atoms with E-state index in [1.54, 1.807) is 12.1 Å². The Kier molecular flexibility index (Phi) is 4.08. The molecule has 0 bridgehead atoms. The van der Waals surface area contributed by atoms with E-state index >= 15 is 0 Å². The molecule has 20 heavy (non-hydrogen) atoms. The first-order chi connectivity index (χ1) is 9.55. The third kappa shape index (κ3) is 3.17. The van der Waals surface area contributed by atoms with E-state index in [-0.39, 0.29) is 11.3 Å². The fraction of sp³-hybridized carbons (Fsp3) is 0.200. The zero-order valence-corrected chi connectivity index (χ0v) is 11.1. The van der Waals surface area contributed by atoms with Crippen LogP contribution < -0.4 is 14.2 Å². The monoisotopic (exact) mass is 280 g/mol. The number of ether oxygens (including phenoxy) is 3. The Morgan fingerprint density at radius 1 is 0.700 bits per heavy atom. The molecule has 0 radical (unpaired) electrons. The van der Waals surface area contributed by atoms with Crippen LogP contribution in [0.2, 0.25) is 0 Å². The number of hydrogen-bond acceptors (Lipinski definition) is 3. The van der Waals surface area contributed by atoms with Crippen LogP contribution in [0.15, 0.2) is 48.5 Å². The zero-order valence-electron chi connectivity index (χ0n) is 11.1. The Hall–Kier alpha value is -2.30. The molecule has 0 aliphatic carbocycles. The van der Waals surface area contributed by atoms with Gasteiger partial charge in [0.25, 0.3) is 0 Å². The van der Waals surface area contributed by atoms with Crippen LogP contribution in [-0.2, 0) is 6.11 Å². The number of hydrogen-bond donors (Lipinski definition) is 0. The lowest BCUT2D eigenvalue weighted by Crippen LogP contribution is -2.21. The van der Waals surface area contributed by atoms with E-state index in [1.807, 2.05) is 0 Å². The first kappa shape index (κ1) is 14.1. The molecule has 0 aliphatic rings. The van der Waals surface area contributed by atoms with Gasteiger partial charge in [-0.1, -0.05) is 0 Å². The van der Waals surface area contributed by atoms with Crippen LogP contribution in [0, 0.1) is 0 Å². The topological polar surface area (TPSA) is 27.7 Å². The average Bonchev–Trinajstić information content (AvgIpc) is 2.48. The summed E-state index contributed by atoms with van der Waals surface area (Å²) in [5, 5.41) is 0. The fourth-order valence-corrected chi connectivity index (χ4v) is 1.64. The van der Waals surface area contributed by atoms with E-state index in [0.29, 0.717) is 11.5 Å². The molecule has 3 nitrogen and oxygen atoms in total. The molecule has 2 aromatic rings. The molecule has 0 amide bonds. The van der Waals surface area contributed by atoms with Crippen molar-refractivity contribution in [1.29, 1.82) is 0 Å². The summed E-state index contributed by atoms with van der Waals surface area (Å²) in [7, 11) is 2.98. The lowest BCUT2D eigenvalue weighted by atomic mass is 10.2. The molecule has 0 N–H and O–H groups in total. The van der Waals surface area contributed by atoms with Gasteiger partial charge in [0.2, 0.25) is 0 Å². The number of methoxy groups -OCH3 is 2. The molecule has 0 atom stereocenters. The minimum atomic E-state index is -3.42. The Morgan fingerprint density at radius 2 is 1.10 bits per heavy atom. The molecule has 0 spiro atoms. The van der Waals surface area contributed by atoms with Crippen molar-refractivity contribution in [3.05, 3.63) is 54.1 Å². The van der Waals surface area contributed by atoms with Crippen molar-refractivity contribution in [3.63, 3.8) is 0 Å². The number of halogens is 2. The fourth-order valence-electron chi connectivity index (χ4n) is 1.64. The standard InChI is InChI=1S/C15H14F2O3/c1-18-12-5-3-11(4-6-12)15(16,17)20-14-9-7-13(19-2)8-10-14/h3-10H,1-2H3. The van der Waals surface area contributed by atoms with Crippen molar-refractivity contribution in [2.24, 2.45) is 0 Å². The van der Waals surface area contributed by atoms with Crippen LogP contribution >= 0.6 is 0 Å². The minimum absolute atomic E-state index is 0.0617. The molecule has 0 fully saturated rings. The largest absolute Gasteiger partial charge is 0.497 e. The van der Waals surface area contributed by atoms with Gasteiger partial charge in [-0.2, -0.15) is 8.78 Å². The summed E-state index contributed by atoms with van der Waals surface area (Å²) in [5.74, 6) is 1.14. The van der Waals surface area contributed by atoms with Crippen molar-refractivity contribution >= 4 is 0 Å². The van der Waals surface area contributed by atoms with Gasteiger partial charge in [-0.15, -0.1) is 0 Å². The van der Waals surface area contributed by atoms with E-state index < -0.39 is 6.11 Å². The second-order valence-corrected chi connectivity index (χ2v) is 4.02. The van der Waals surface area contributed by atoms with E-state index in [2.05, 4.69) is 0 Å². The highest BCUT2D eigenvalue weighted by molar-refractivity contribution is 5.33. The third-order valence-electron chi connectivity index (χ3n) is 2.73. The van der Waals surface area contributed by atoms with E-state index in [1.165, 1.54) is 50.6 Å². The summed E-state index contributed by atoms with van der Waals surface area (Å²) in [4.78, 5) is 0. The summed E-state index contributed by atoms with van der Waals surface area (Å²) in [5.41, 5.74) is -0.242. The highest BCUT2D eigenvalue weighted by Gasteiger charge is 2.34. The van der Waals surface area contributed by atoms with Gasteiger partial charge in [0.15, 0.2) is 0 Å². The quantitative estimate of drug-likeness (QED) is 0.833. The molecule has 0 saturated carbocycles. The summed E-state index contributed by atoms with van der Waals surface area (Å²) < 4.78 is 42.5. The second kappa shape index (κ2) is 5.77. The van der Waals surface area contributed by atoms with Gasteiger partial charge >= 0.3 is 6.11 Å². The maximum Gasteiger partial charge on any atom is 0.426 e. The van der Waals surface area contributed by atoms with Gasteiger partial charge < -0.3 is 14.2 Å². The normalized spacial score (nSPS) is 11.0. The molecule has 0 aliphatic heterocycles. The van der Waals surface area contributed by atoms with E-state index in [0.717, 1.165) is 0 Å². The van der Waals surface area contributed by atoms with Crippen LogP contribution in [-0.4, -0.2) is 14.2 Å². The molecule has 0 saturated heterocycles. The Labute approximate surface area is 115 Å². The number of benzene rings is 2. The van der Waals surface area contributed by atoms with Gasteiger partial charge in [-0.3, -0.25) is 0 Å². The van der Waals surface area contributed by atoms with Crippen molar-refractivity contribution in [1.82, 2.24) is 0 Å². The van der Waals surface area contributed by atoms with Crippen molar-refractivity contribution in [2.75, 3.05) is 14.2 Å². The zero-order chi connectivity index (χ0) is 14.6. The van der Waals surface area contributed by atoms with Crippen LogP contribution in [0.1, 0.15) is 5.56 Å². The molecule has 5 heteroatoms. The van der Waals surface area contributed by atoms with Crippen molar-refractivity contribution in [2.45, 2.75) is 6.11 Å². The molecular formula is C15H14F2O3. The van der Waals surface area contributed by atoms with Crippen LogP contribution in [0.25, 0.3) is 0 Å². The maximum atomic E-state index is 14.0. The van der Waals surface area contributed by atoms with Crippen LogP contribution in [0.5, 0.6) is 17.2 Å². The first-order valence-corrected chi connectivity index (χ1v) is 5.90. The SMILES string of the molecule is COc1ccc(OC(F)(F)c2ccc(OC)cc2)cc1. The Bertz CT molecular complexity index is 550. The van der Waals surface area contributed by atoms with Gasteiger partial charge in [0.05, 0.1) is 19.8 Å². The van der Waals surface area contributed by atoms with Crippen molar-refractivity contribution in [3.8, 4) is 17.2 Å². The highest BCUT2D eigenvalue weighted by Crippen LogP contribution is 2.32. The number of alkyl halides is 2. The molecule has 2 rings (SSSR count). The summed E-state index contributed by atoms with van der Waals surface area (Å²) >= 11 is 0. The lowest BCUT2D eigenvalue weighted by Gasteiger charge is -2.18. The van der Waals surface area contributed by atoms with Crippen molar-refractivity contribution < 1.29 is 23.0 Å². The smallest absolute Gasteiger partial charge is 0.426 e. The predicted molar refractivity (Wildman–Crippen MR) is 70.5 cm³/mol. The Morgan fingerprint density at radius 3 is 1.55 bits per heavy atom. The Balaban J connectivity index is 2.15. The lowest BCUT2D eigenvalue weighted by molar-refractivity contribution is -0.185. The summed E-state index contributed by atoms with van der Waals surface area (Å²) in [6.45, 7) is 0. The molecule has 2 aromatic carbocycles. The second-order valence-electron chi connectivity index (χ2n) is 4.02. The molecule has 0 aromatic heterocycles. The summed E-state index contributed by atoms with van der Waals surface area (Å²) in [6.07, 6.45) is -3.42. The summed E-state index contributed by atoms with van der Waals surface area (Å²) in [6, 6.07) is 11.4. The van der Waals surface area contributed by atoms with Gasteiger partial charge in [-0.25, -0.2) is 0 Å². The van der Waals surface area contributed by atoms with E-state index in [4.69, 9.17) is 14.2 Å². The van der Waals surface area contributed by atoms with Crippen LogP contribution in [0.3, 0.4) is 0 Å². The first-order valence-electron chi connectivity index (χ1n) is 5.90. The molecular weight excluding hydrogens is 266 g/mol. The third-order valence-corrected chi connectivity index (χ3v) is 2.73. The van der Waals surface area contributed by atoms with Crippen LogP contribution in [0.4, 0.5) is 8.78 Å². The van der Waals surface area contributed by atoms with Gasteiger partial charge in [-0.05, 0) is 48.5 Å². The molecule has 106 valence electrons. The number of rotatable bonds is 5. The molecule has 0 unspecified atom stereocenters. The predicted octanol–water partition coefficient (Wildman–Crippen LogP) is 3.83. The van der Waals surface area contributed by atoms with Gasteiger partial charge in [0.1, 0.15) is 17.2 Å². The highest BCUT2D eigenvalue weighted by atomic mass is 19.3.